The summed E-state index contributed by atoms with van der Waals surface area (Å²) in [5.41, 5.74) is 11.4. The van der Waals surface area contributed by atoms with Crippen LogP contribution < -0.4 is 15.4 Å². The van der Waals surface area contributed by atoms with E-state index in [1.807, 2.05) is 0 Å². The summed E-state index contributed by atoms with van der Waals surface area (Å²) in [6.45, 7) is 8.34. The first-order chi connectivity index (χ1) is 18.6. The number of nitrogen functional groups attached to an aromatic ring is 1. The van der Waals surface area contributed by atoms with Crippen LogP contribution in [-0.2, 0) is 4.74 Å². The molecule has 0 spiro atoms. The van der Waals surface area contributed by atoms with Crippen LogP contribution >= 0.6 is 11.3 Å². The second kappa shape index (κ2) is 9.63. The molecule has 8 nitrogen and oxygen atoms in total. The van der Waals surface area contributed by atoms with Gasteiger partial charge in [-0.25, -0.2) is 4.98 Å². The van der Waals surface area contributed by atoms with Crippen molar-refractivity contribution in [2.75, 3.05) is 56.6 Å². The van der Waals surface area contributed by atoms with Crippen molar-refractivity contribution in [1.29, 1.82) is 0 Å². The number of nitrogens with zero attached hydrogens (tertiary/aromatic N) is 5. The summed E-state index contributed by atoms with van der Waals surface area (Å²) in [5, 5.41) is 1.63. The fraction of sp³-hybridized carbons (Fsp3) is 0.483. The van der Waals surface area contributed by atoms with E-state index in [9.17, 15) is 0 Å². The lowest BCUT2D eigenvalue weighted by Crippen LogP contribution is -2.43. The first-order valence-corrected chi connectivity index (χ1v) is 14.6. The minimum atomic E-state index is 0.145. The van der Waals surface area contributed by atoms with Crippen LogP contribution in [0.5, 0.6) is 6.01 Å². The third-order valence-corrected chi connectivity index (χ3v) is 9.46. The van der Waals surface area contributed by atoms with Crippen molar-refractivity contribution in [2.24, 2.45) is 0 Å². The van der Waals surface area contributed by atoms with Crippen LogP contribution in [0.15, 0.2) is 30.3 Å². The lowest BCUT2D eigenvalue weighted by Gasteiger charge is -2.31. The van der Waals surface area contributed by atoms with Gasteiger partial charge in [-0.05, 0) is 75.4 Å². The van der Waals surface area contributed by atoms with E-state index in [4.69, 9.17) is 25.2 Å². The van der Waals surface area contributed by atoms with Gasteiger partial charge >= 0.3 is 6.01 Å². The first-order valence-electron chi connectivity index (χ1n) is 13.8. The third-order valence-electron chi connectivity index (χ3n) is 8.61. The molecule has 3 saturated heterocycles. The van der Waals surface area contributed by atoms with Crippen LogP contribution in [0.4, 0.5) is 10.9 Å². The maximum absolute atomic E-state index is 6.49. The second-order valence-corrected chi connectivity index (χ2v) is 11.9. The molecule has 2 aromatic heterocycles. The van der Waals surface area contributed by atoms with E-state index >= 15 is 0 Å². The maximum atomic E-state index is 6.49. The zero-order valence-corrected chi connectivity index (χ0v) is 22.7. The van der Waals surface area contributed by atoms with Crippen molar-refractivity contribution in [3.63, 3.8) is 0 Å². The van der Waals surface area contributed by atoms with Gasteiger partial charge in [-0.15, -0.1) is 0 Å². The topological polar surface area (TPSA) is 89.6 Å². The summed E-state index contributed by atoms with van der Waals surface area (Å²) >= 11 is 1.52. The molecule has 3 aliphatic rings. The van der Waals surface area contributed by atoms with Crippen molar-refractivity contribution in [2.45, 2.75) is 44.6 Å². The van der Waals surface area contributed by atoms with E-state index < -0.39 is 0 Å². The number of fused-ring (bicyclic) bond motifs is 3. The Morgan fingerprint density at radius 1 is 0.947 bits per heavy atom. The molecule has 198 valence electrons. The van der Waals surface area contributed by atoms with Crippen LogP contribution in [0.25, 0.3) is 32.2 Å². The molecule has 7 rings (SSSR count). The number of hydrogen-bond acceptors (Lipinski definition) is 9. The number of thiazole rings is 1. The molecular weight excluding hydrogens is 496 g/mol. The fourth-order valence-electron chi connectivity index (χ4n) is 6.69. The average molecular weight is 531 g/mol. The number of hydrogen-bond donors (Lipinski definition) is 1. The molecule has 0 bridgehead atoms. The minimum absolute atomic E-state index is 0.145. The van der Waals surface area contributed by atoms with Crippen molar-refractivity contribution in [3.05, 3.63) is 35.9 Å². The van der Waals surface area contributed by atoms with E-state index in [0.29, 0.717) is 24.4 Å². The molecule has 0 radical (unpaired) electrons. The molecular formula is C29H34N6O2S. The lowest BCUT2D eigenvalue weighted by atomic mass is 9.95. The fourth-order valence-corrected chi connectivity index (χ4v) is 7.46. The van der Waals surface area contributed by atoms with Gasteiger partial charge in [0, 0.05) is 30.6 Å². The number of rotatable bonds is 5. The van der Waals surface area contributed by atoms with E-state index in [1.54, 1.807) is 0 Å². The molecule has 2 aromatic carbocycles. The Labute approximate surface area is 226 Å². The molecule has 4 aromatic rings. The Morgan fingerprint density at radius 3 is 2.68 bits per heavy atom. The SMILES string of the molecule is Cc1c(-c2cccc3sc(N)nc23)ccc2c(N3CCCOCC3)nc(OCC34CCCN3CCC4)nc12. The molecule has 0 unspecified atom stereocenters. The minimum Gasteiger partial charge on any atom is -0.461 e. The Bertz CT molecular complexity index is 1490. The number of aromatic nitrogens is 3. The summed E-state index contributed by atoms with van der Waals surface area (Å²) in [4.78, 5) is 19.7. The zero-order valence-electron chi connectivity index (χ0n) is 21.9. The van der Waals surface area contributed by atoms with Crippen molar-refractivity contribution < 1.29 is 9.47 Å². The number of aryl methyl sites for hydroxylation is 1. The van der Waals surface area contributed by atoms with Gasteiger partial charge < -0.3 is 20.1 Å². The quantitative estimate of drug-likeness (QED) is 0.384. The van der Waals surface area contributed by atoms with Crippen LogP contribution in [0.1, 0.15) is 37.7 Å². The molecule has 3 aliphatic heterocycles. The second-order valence-electron chi connectivity index (χ2n) is 10.8. The Hall–Kier alpha value is -3.01. The predicted octanol–water partition coefficient (Wildman–Crippen LogP) is 5.03. The highest BCUT2D eigenvalue weighted by Gasteiger charge is 2.45. The van der Waals surface area contributed by atoms with E-state index in [0.717, 1.165) is 69.7 Å². The molecule has 2 N–H and O–H groups in total. The molecule has 5 heterocycles. The Balaban J connectivity index is 1.34. The zero-order chi connectivity index (χ0) is 25.7. The summed E-state index contributed by atoms with van der Waals surface area (Å²) in [6, 6.07) is 11.1. The lowest BCUT2D eigenvalue weighted by molar-refractivity contribution is 0.108. The normalized spacial score (nSPS) is 19.8. The molecule has 0 saturated carbocycles. The van der Waals surface area contributed by atoms with Gasteiger partial charge in [0.1, 0.15) is 12.4 Å². The van der Waals surface area contributed by atoms with Gasteiger partial charge in [0.2, 0.25) is 0 Å². The predicted molar refractivity (Wildman–Crippen MR) is 153 cm³/mol. The number of anilines is 2. The van der Waals surface area contributed by atoms with Gasteiger partial charge in [0.05, 0.1) is 27.9 Å². The Kier molecular flexibility index (Phi) is 6.10. The highest BCUT2D eigenvalue weighted by Crippen LogP contribution is 2.41. The van der Waals surface area contributed by atoms with Crippen molar-refractivity contribution in [3.8, 4) is 17.1 Å². The molecule has 0 atom stereocenters. The average Bonchev–Trinajstić information content (AvgIpc) is 3.54. The van der Waals surface area contributed by atoms with Gasteiger partial charge in [0.25, 0.3) is 0 Å². The summed E-state index contributed by atoms with van der Waals surface area (Å²) in [7, 11) is 0. The van der Waals surface area contributed by atoms with Gasteiger partial charge in [-0.2, -0.15) is 9.97 Å². The first kappa shape index (κ1) is 24.1. The number of ether oxygens (including phenoxy) is 2. The van der Waals surface area contributed by atoms with Crippen LogP contribution in [0.2, 0.25) is 0 Å². The third kappa shape index (κ3) is 4.08. The Morgan fingerprint density at radius 2 is 1.82 bits per heavy atom. The number of benzene rings is 2. The van der Waals surface area contributed by atoms with Crippen LogP contribution in [0, 0.1) is 6.92 Å². The summed E-state index contributed by atoms with van der Waals surface area (Å²) in [5.74, 6) is 0.938. The van der Waals surface area contributed by atoms with E-state index in [-0.39, 0.29) is 5.54 Å². The van der Waals surface area contributed by atoms with Gasteiger partial charge in [0.15, 0.2) is 5.13 Å². The van der Waals surface area contributed by atoms with Crippen molar-refractivity contribution >= 4 is 43.4 Å². The molecule has 38 heavy (non-hydrogen) atoms. The molecule has 0 aliphatic carbocycles. The highest BCUT2D eigenvalue weighted by atomic mass is 32.1. The highest BCUT2D eigenvalue weighted by molar-refractivity contribution is 7.22. The number of para-hydroxylation sites is 1. The molecule has 9 heteroatoms. The monoisotopic (exact) mass is 530 g/mol. The van der Waals surface area contributed by atoms with E-state index in [2.05, 4.69) is 52.0 Å². The van der Waals surface area contributed by atoms with Gasteiger partial charge in [-0.1, -0.05) is 29.5 Å². The summed E-state index contributed by atoms with van der Waals surface area (Å²) in [6.07, 6.45) is 5.86. The standard InChI is InChI=1S/C29H34N6O2S/c1-19-20(21-6-2-7-23-25(21)31-27(30)38-23)8-9-22-24(19)32-28(33-26(22)34-12-5-16-36-17-15-34)37-18-29-10-3-13-35(29)14-4-11-29/h2,6-9H,3-5,10-18H2,1H3,(H2,30,31). The summed E-state index contributed by atoms with van der Waals surface area (Å²) < 4.78 is 13.3. The van der Waals surface area contributed by atoms with Crippen LogP contribution in [-0.4, -0.2) is 71.4 Å². The maximum Gasteiger partial charge on any atom is 0.319 e. The smallest absolute Gasteiger partial charge is 0.319 e. The van der Waals surface area contributed by atoms with Crippen LogP contribution in [0.3, 0.4) is 0 Å². The molecule has 0 amide bonds. The molecule has 3 fully saturated rings. The van der Waals surface area contributed by atoms with E-state index in [1.165, 1.54) is 50.1 Å². The largest absolute Gasteiger partial charge is 0.461 e. The van der Waals surface area contributed by atoms with Crippen molar-refractivity contribution in [1.82, 2.24) is 19.9 Å². The van der Waals surface area contributed by atoms with Gasteiger partial charge in [-0.3, -0.25) is 4.90 Å². The number of nitrogens with two attached hydrogens (primary N) is 1.